The predicted octanol–water partition coefficient (Wildman–Crippen LogP) is 2.23. The molecule has 2 N–H and O–H groups in total. The topological polar surface area (TPSA) is 117 Å². The lowest BCUT2D eigenvalue weighted by atomic mass is 9.70. The molecule has 35 heavy (non-hydrogen) atoms. The van der Waals surface area contributed by atoms with Crippen molar-refractivity contribution in [3.8, 4) is 5.75 Å². The third-order valence-corrected chi connectivity index (χ3v) is 7.59. The Hall–Kier alpha value is -2.91. The first kappa shape index (κ1) is 25.2. The van der Waals surface area contributed by atoms with E-state index in [1.807, 2.05) is 0 Å². The number of methoxy groups -OCH3 is 1. The molecule has 5 atom stereocenters. The highest BCUT2D eigenvalue weighted by Gasteiger charge is 2.74. The molecule has 190 valence electrons. The standard InChI is InChI=1S/C26H34N2O7/c1-3-14-27(17-8-10-18(34-2)11-9-17)24(31)22-26-13-12-19(35-26)20(25(32)33)21(26)23(30)28(22)15-6-4-5-7-16-29/h3,8-11,19-22,29H,1,4-7,12-16H2,2H3,(H,32,33)/t19-,20+,21+,22-,26+/m0/s1. The van der Waals surface area contributed by atoms with Crippen molar-refractivity contribution in [1.82, 2.24) is 4.90 Å². The molecule has 0 aliphatic carbocycles. The van der Waals surface area contributed by atoms with Crippen LogP contribution in [0.25, 0.3) is 0 Å². The number of carbonyl (C=O) groups is 3. The monoisotopic (exact) mass is 486 g/mol. The van der Waals surface area contributed by atoms with Crippen LogP contribution in [0.5, 0.6) is 5.75 Å². The number of benzene rings is 1. The number of rotatable bonds is 12. The summed E-state index contributed by atoms with van der Waals surface area (Å²) in [5, 5.41) is 19.0. The number of carboxylic acid groups (broad SMARTS) is 1. The van der Waals surface area contributed by atoms with Gasteiger partial charge in [0.25, 0.3) is 5.91 Å². The second kappa shape index (κ2) is 10.4. The molecule has 4 rings (SSSR count). The average Bonchev–Trinajstić information content (AvgIpc) is 3.49. The van der Waals surface area contributed by atoms with Crippen LogP contribution in [0.4, 0.5) is 5.69 Å². The Bertz CT molecular complexity index is 965. The van der Waals surface area contributed by atoms with Crippen LogP contribution in [-0.4, -0.2) is 77.4 Å². The largest absolute Gasteiger partial charge is 0.497 e. The number of amides is 2. The molecule has 2 bridgehead atoms. The van der Waals surface area contributed by atoms with Crippen LogP contribution in [0.15, 0.2) is 36.9 Å². The number of anilines is 1. The third-order valence-electron chi connectivity index (χ3n) is 7.59. The first-order valence-electron chi connectivity index (χ1n) is 12.3. The molecule has 3 saturated heterocycles. The highest BCUT2D eigenvalue weighted by Crippen LogP contribution is 2.58. The zero-order chi connectivity index (χ0) is 25.2. The molecule has 3 aliphatic rings. The van der Waals surface area contributed by atoms with Gasteiger partial charge in [-0.05, 0) is 49.9 Å². The number of carbonyl (C=O) groups excluding carboxylic acids is 2. The minimum Gasteiger partial charge on any atom is -0.497 e. The van der Waals surface area contributed by atoms with Crippen molar-refractivity contribution >= 4 is 23.5 Å². The van der Waals surface area contributed by atoms with Gasteiger partial charge in [-0.3, -0.25) is 14.4 Å². The molecule has 0 unspecified atom stereocenters. The fourth-order valence-electron chi connectivity index (χ4n) is 6.06. The third kappa shape index (κ3) is 4.31. The van der Waals surface area contributed by atoms with Gasteiger partial charge >= 0.3 is 5.97 Å². The molecule has 2 amide bonds. The molecule has 9 heteroatoms. The second-order valence-electron chi connectivity index (χ2n) is 9.50. The SMILES string of the molecule is C=CCN(C(=O)[C@@H]1N(CCCCCCO)C(=O)[C@H]2[C@H](C(=O)O)[C@@H]3CC[C@]12O3)c1ccc(OC)cc1. The summed E-state index contributed by atoms with van der Waals surface area (Å²) in [5.41, 5.74) is -0.507. The predicted molar refractivity (Wildman–Crippen MR) is 128 cm³/mol. The Balaban J connectivity index is 1.68. The van der Waals surface area contributed by atoms with Crippen molar-refractivity contribution in [2.24, 2.45) is 11.8 Å². The van der Waals surface area contributed by atoms with Gasteiger partial charge in [-0.2, -0.15) is 0 Å². The molecular weight excluding hydrogens is 452 g/mol. The Morgan fingerprint density at radius 2 is 1.97 bits per heavy atom. The lowest BCUT2D eigenvalue weighted by Crippen LogP contribution is -2.56. The first-order valence-corrected chi connectivity index (χ1v) is 12.3. The van der Waals surface area contributed by atoms with E-state index in [2.05, 4.69) is 6.58 Å². The molecule has 9 nitrogen and oxygen atoms in total. The fourth-order valence-corrected chi connectivity index (χ4v) is 6.06. The van der Waals surface area contributed by atoms with Crippen LogP contribution in [0, 0.1) is 11.8 Å². The van der Waals surface area contributed by atoms with Crippen molar-refractivity contribution in [2.45, 2.75) is 56.3 Å². The van der Waals surface area contributed by atoms with Crippen LogP contribution in [0.3, 0.4) is 0 Å². The maximum absolute atomic E-state index is 14.2. The zero-order valence-corrected chi connectivity index (χ0v) is 20.1. The van der Waals surface area contributed by atoms with Gasteiger partial charge in [0, 0.05) is 25.4 Å². The van der Waals surface area contributed by atoms with Crippen LogP contribution in [0.1, 0.15) is 38.5 Å². The maximum Gasteiger partial charge on any atom is 0.310 e. The van der Waals surface area contributed by atoms with E-state index in [1.54, 1.807) is 47.3 Å². The van der Waals surface area contributed by atoms with Crippen molar-refractivity contribution < 1.29 is 34.1 Å². The summed E-state index contributed by atoms with van der Waals surface area (Å²) in [4.78, 5) is 43.1. The zero-order valence-electron chi connectivity index (χ0n) is 20.1. The van der Waals surface area contributed by atoms with Gasteiger partial charge in [-0.1, -0.05) is 18.9 Å². The highest BCUT2D eigenvalue weighted by molar-refractivity contribution is 6.04. The van der Waals surface area contributed by atoms with Crippen LogP contribution in [-0.2, 0) is 19.1 Å². The number of fused-ring (bicyclic) bond motifs is 1. The molecule has 0 radical (unpaired) electrons. The number of hydrogen-bond acceptors (Lipinski definition) is 6. The minimum absolute atomic E-state index is 0.114. The van der Waals surface area contributed by atoms with Gasteiger partial charge in [-0.25, -0.2) is 0 Å². The lowest BCUT2D eigenvalue weighted by molar-refractivity contribution is -0.149. The van der Waals surface area contributed by atoms with Gasteiger partial charge < -0.3 is 29.5 Å². The summed E-state index contributed by atoms with van der Waals surface area (Å²) in [5.74, 6) is -2.82. The molecular formula is C26H34N2O7. The summed E-state index contributed by atoms with van der Waals surface area (Å²) in [6.45, 7) is 4.48. The molecule has 3 aliphatic heterocycles. The maximum atomic E-state index is 14.2. The molecule has 0 aromatic heterocycles. The number of hydrogen-bond donors (Lipinski definition) is 2. The molecule has 3 fully saturated rings. The van der Waals surface area contributed by atoms with Crippen molar-refractivity contribution in [3.63, 3.8) is 0 Å². The van der Waals surface area contributed by atoms with Gasteiger partial charge in [0.15, 0.2) is 0 Å². The number of nitrogens with zero attached hydrogens (tertiary/aromatic N) is 2. The van der Waals surface area contributed by atoms with Crippen LogP contribution < -0.4 is 9.64 Å². The smallest absolute Gasteiger partial charge is 0.310 e. The van der Waals surface area contributed by atoms with Gasteiger partial charge in [-0.15, -0.1) is 6.58 Å². The average molecular weight is 487 g/mol. The summed E-state index contributed by atoms with van der Waals surface area (Å²) in [7, 11) is 1.57. The summed E-state index contributed by atoms with van der Waals surface area (Å²) >= 11 is 0. The number of aliphatic hydroxyl groups excluding tert-OH is 1. The Kier molecular flexibility index (Phi) is 7.47. The number of ether oxygens (including phenoxy) is 2. The highest BCUT2D eigenvalue weighted by atomic mass is 16.5. The van der Waals surface area contributed by atoms with Crippen LogP contribution >= 0.6 is 0 Å². The van der Waals surface area contributed by atoms with Crippen molar-refractivity contribution in [3.05, 3.63) is 36.9 Å². The second-order valence-corrected chi connectivity index (χ2v) is 9.50. The van der Waals surface area contributed by atoms with Crippen molar-refractivity contribution in [2.75, 3.05) is 31.7 Å². The molecule has 3 heterocycles. The molecule has 1 aromatic rings. The lowest BCUT2D eigenvalue weighted by Gasteiger charge is -2.36. The van der Waals surface area contributed by atoms with E-state index in [9.17, 15) is 19.5 Å². The number of aliphatic carboxylic acids is 1. The quantitative estimate of drug-likeness (QED) is 0.344. The number of carboxylic acids is 1. The normalized spacial score (nSPS) is 28.7. The Morgan fingerprint density at radius 3 is 2.60 bits per heavy atom. The van der Waals surface area contributed by atoms with Crippen molar-refractivity contribution in [1.29, 1.82) is 0 Å². The van der Waals surface area contributed by atoms with E-state index in [0.717, 1.165) is 12.8 Å². The van der Waals surface area contributed by atoms with E-state index in [1.165, 1.54) is 0 Å². The summed E-state index contributed by atoms with van der Waals surface area (Å²) in [6, 6.07) is 6.17. The van der Waals surface area contributed by atoms with Crippen LogP contribution in [0.2, 0.25) is 0 Å². The summed E-state index contributed by atoms with van der Waals surface area (Å²) < 4.78 is 11.5. The van der Waals surface area contributed by atoms with E-state index in [4.69, 9.17) is 14.6 Å². The first-order chi connectivity index (χ1) is 16.9. The fraction of sp³-hybridized carbons (Fsp3) is 0.577. The van der Waals surface area contributed by atoms with E-state index >= 15 is 0 Å². The van der Waals surface area contributed by atoms with E-state index in [0.29, 0.717) is 43.7 Å². The van der Waals surface area contributed by atoms with E-state index < -0.39 is 35.6 Å². The molecule has 0 saturated carbocycles. The van der Waals surface area contributed by atoms with Gasteiger partial charge in [0.05, 0.1) is 25.0 Å². The molecule has 1 spiro atoms. The van der Waals surface area contributed by atoms with Gasteiger partial charge in [0.2, 0.25) is 5.91 Å². The Labute approximate surface area is 205 Å². The number of unbranched alkanes of at least 4 members (excludes halogenated alkanes) is 3. The summed E-state index contributed by atoms with van der Waals surface area (Å²) in [6.07, 6.45) is 5.00. The minimum atomic E-state index is -1.14. The Morgan fingerprint density at radius 1 is 1.26 bits per heavy atom. The number of likely N-dealkylation sites (tertiary alicyclic amines) is 1. The van der Waals surface area contributed by atoms with E-state index in [-0.39, 0.29) is 25.0 Å². The molecule has 1 aromatic carbocycles. The van der Waals surface area contributed by atoms with Gasteiger partial charge in [0.1, 0.15) is 17.4 Å². The number of aliphatic hydroxyl groups is 1.